The van der Waals surface area contributed by atoms with Crippen molar-refractivity contribution in [3.63, 3.8) is 0 Å². The quantitative estimate of drug-likeness (QED) is 0.713. The minimum Gasteiger partial charge on any atom is -0.453 e. The average molecular weight is 432 g/mol. The molecule has 1 saturated heterocycles. The molecule has 0 bridgehead atoms. The van der Waals surface area contributed by atoms with E-state index >= 15 is 0 Å². The van der Waals surface area contributed by atoms with Crippen molar-refractivity contribution in [2.45, 2.75) is 62.5 Å². The molecule has 7 heteroatoms. The van der Waals surface area contributed by atoms with Crippen LogP contribution >= 0.6 is 11.6 Å². The lowest BCUT2D eigenvalue weighted by Crippen LogP contribution is -2.50. The first kappa shape index (κ1) is 21.2. The number of aromatic nitrogens is 2. The van der Waals surface area contributed by atoms with Crippen LogP contribution in [0.15, 0.2) is 36.5 Å². The summed E-state index contributed by atoms with van der Waals surface area (Å²) in [5.74, 6) is 0.678. The molecule has 30 heavy (non-hydrogen) atoms. The number of hydrogen-bond acceptors (Lipinski definition) is 4. The van der Waals surface area contributed by atoms with Crippen LogP contribution in [0.3, 0.4) is 0 Å². The molecular weight excluding hydrogens is 402 g/mol. The Morgan fingerprint density at radius 2 is 1.97 bits per heavy atom. The summed E-state index contributed by atoms with van der Waals surface area (Å²) in [6, 6.07) is 10.6. The van der Waals surface area contributed by atoms with E-state index in [1.54, 1.807) is 11.1 Å². The van der Waals surface area contributed by atoms with Crippen molar-refractivity contribution in [1.29, 1.82) is 0 Å². The van der Waals surface area contributed by atoms with E-state index in [0.29, 0.717) is 24.1 Å². The molecule has 2 aliphatic rings. The predicted octanol–water partition coefficient (Wildman–Crippen LogP) is 5.12. The van der Waals surface area contributed by atoms with Crippen LogP contribution < -0.4 is 0 Å². The van der Waals surface area contributed by atoms with E-state index in [0.717, 1.165) is 44.2 Å². The molecule has 0 unspecified atom stereocenters. The van der Waals surface area contributed by atoms with E-state index in [4.69, 9.17) is 21.1 Å². The lowest BCUT2D eigenvalue weighted by Gasteiger charge is -2.41. The maximum Gasteiger partial charge on any atom is 0.409 e. The SMILES string of the molecule is COC(=O)N1CCC[C@@H](c2[nH]ncc2Cl)[C@H]1COC1CCC(c2ccccc2)CC1. The van der Waals surface area contributed by atoms with Crippen LogP contribution in [-0.2, 0) is 9.47 Å². The monoisotopic (exact) mass is 431 g/mol. The second-order valence-electron chi connectivity index (χ2n) is 8.33. The van der Waals surface area contributed by atoms with Gasteiger partial charge in [0.2, 0.25) is 0 Å². The molecule has 2 atom stereocenters. The van der Waals surface area contributed by atoms with Crippen LogP contribution in [0.25, 0.3) is 0 Å². The van der Waals surface area contributed by atoms with Crippen molar-refractivity contribution in [2.75, 3.05) is 20.3 Å². The predicted molar refractivity (Wildman–Crippen MR) is 116 cm³/mol. The van der Waals surface area contributed by atoms with Gasteiger partial charge >= 0.3 is 6.09 Å². The summed E-state index contributed by atoms with van der Waals surface area (Å²) in [5.41, 5.74) is 2.31. The van der Waals surface area contributed by atoms with Crippen LogP contribution in [0, 0.1) is 0 Å². The van der Waals surface area contributed by atoms with Gasteiger partial charge in [-0.05, 0) is 50.0 Å². The number of H-pyrrole nitrogens is 1. The first-order valence-electron chi connectivity index (χ1n) is 10.9. The number of benzene rings is 1. The van der Waals surface area contributed by atoms with Gasteiger partial charge in [0, 0.05) is 12.5 Å². The number of amides is 1. The molecule has 162 valence electrons. The lowest BCUT2D eigenvalue weighted by molar-refractivity contribution is -0.0242. The molecule has 1 amide bonds. The van der Waals surface area contributed by atoms with Crippen LogP contribution in [-0.4, -0.2) is 53.6 Å². The van der Waals surface area contributed by atoms with Gasteiger partial charge in [-0.2, -0.15) is 5.10 Å². The second kappa shape index (κ2) is 9.84. The summed E-state index contributed by atoms with van der Waals surface area (Å²) in [7, 11) is 1.43. The number of rotatable bonds is 5. The molecule has 0 spiro atoms. The number of nitrogens with zero attached hydrogens (tertiary/aromatic N) is 2. The van der Waals surface area contributed by atoms with Gasteiger partial charge in [0.05, 0.1) is 42.8 Å². The van der Waals surface area contributed by atoms with Gasteiger partial charge in [-0.3, -0.25) is 5.10 Å². The number of hydrogen-bond donors (Lipinski definition) is 1. The number of ether oxygens (including phenoxy) is 2. The molecule has 1 aliphatic heterocycles. The average Bonchev–Trinajstić information content (AvgIpc) is 3.23. The van der Waals surface area contributed by atoms with E-state index in [1.807, 2.05) is 0 Å². The Hall–Kier alpha value is -2.05. The number of piperidine rings is 1. The summed E-state index contributed by atoms with van der Waals surface area (Å²) >= 11 is 6.35. The molecule has 0 radical (unpaired) electrons. The highest BCUT2D eigenvalue weighted by molar-refractivity contribution is 6.31. The standard InChI is InChI=1S/C23H30ClN3O3/c1-29-23(28)27-13-5-8-19(22-20(24)14-25-26-22)21(27)15-30-18-11-9-17(10-12-18)16-6-3-2-4-7-16/h2-4,6-7,14,17-19,21H,5,8-13,15H2,1H3,(H,25,26)/t17?,18?,19-,21-/m1/s1. The minimum atomic E-state index is -0.309. The number of nitrogens with one attached hydrogen (secondary N) is 1. The second-order valence-corrected chi connectivity index (χ2v) is 8.74. The Bertz CT molecular complexity index is 820. The first-order valence-corrected chi connectivity index (χ1v) is 11.2. The van der Waals surface area contributed by atoms with Crippen molar-refractivity contribution in [1.82, 2.24) is 15.1 Å². The zero-order chi connectivity index (χ0) is 20.9. The summed E-state index contributed by atoms with van der Waals surface area (Å²) < 4.78 is 11.4. The number of aromatic amines is 1. The molecule has 1 aromatic carbocycles. The van der Waals surface area contributed by atoms with Gasteiger partial charge in [-0.1, -0.05) is 41.9 Å². The maximum absolute atomic E-state index is 12.4. The van der Waals surface area contributed by atoms with E-state index in [9.17, 15) is 4.79 Å². The molecule has 2 fully saturated rings. The Morgan fingerprint density at radius 1 is 1.20 bits per heavy atom. The zero-order valence-electron chi connectivity index (χ0n) is 17.4. The number of methoxy groups -OCH3 is 1. The molecule has 4 rings (SSSR count). The summed E-state index contributed by atoms with van der Waals surface area (Å²) in [6.07, 6.45) is 7.72. The fourth-order valence-electron chi connectivity index (χ4n) is 5.01. The van der Waals surface area contributed by atoms with Gasteiger partial charge in [-0.25, -0.2) is 4.79 Å². The van der Waals surface area contributed by atoms with Crippen molar-refractivity contribution in [3.05, 3.63) is 52.8 Å². The van der Waals surface area contributed by atoms with Gasteiger partial charge in [0.1, 0.15) is 0 Å². The van der Waals surface area contributed by atoms with Crippen molar-refractivity contribution in [2.24, 2.45) is 0 Å². The fraction of sp³-hybridized carbons (Fsp3) is 0.565. The largest absolute Gasteiger partial charge is 0.453 e. The molecular formula is C23H30ClN3O3. The maximum atomic E-state index is 12.4. The highest BCUT2D eigenvalue weighted by atomic mass is 35.5. The lowest BCUT2D eigenvalue weighted by atomic mass is 9.82. The van der Waals surface area contributed by atoms with Gasteiger partial charge in [0.25, 0.3) is 0 Å². The van der Waals surface area contributed by atoms with Crippen molar-refractivity contribution in [3.8, 4) is 0 Å². The number of carbonyl (C=O) groups is 1. The first-order chi connectivity index (χ1) is 14.7. The van der Waals surface area contributed by atoms with Gasteiger partial charge in [0.15, 0.2) is 0 Å². The molecule has 1 saturated carbocycles. The molecule has 6 nitrogen and oxygen atoms in total. The van der Waals surface area contributed by atoms with Gasteiger partial charge in [-0.15, -0.1) is 0 Å². The van der Waals surface area contributed by atoms with Crippen LogP contribution in [0.2, 0.25) is 5.02 Å². The Kier molecular flexibility index (Phi) is 6.95. The van der Waals surface area contributed by atoms with E-state index < -0.39 is 0 Å². The number of halogens is 1. The van der Waals surface area contributed by atoms with Crippen LogP contribution in [0.4, 0.5) is 4.79 Å². The third-order valence-corrected chi connectivity index (χ3v) is 6.93. The fourth-order valence-corrected chi connectivity index (χ4v) is 5.24. The van der Waals surface area contributed by atoms with Crippen LogP contribution in [0.1, 0.15) is 61.6 Å². The summed E-state index contributed by atoms with van der Waals surface area (Å²) in [4.78, 5) is 14.2. The summed E-state index contributed by atoms with van der Waals surface area (Å²) in [5, 5.41) is 7.72. The van der Waals surface area contributed by atoms with E-state index in [1.165, 1.54) is 12.7 Å². The molecule has 2 aromatic rings. The topological polar surface area (TPSA) is 67.5 Å². The number of carbonyl (C=O) groups excluding carboxylic acids is 1. The molecule has 1 aromatic heterocycles. The number of likely N-dealkylation sites (tertiary alicyclic amines) is 1. The highest BCUT2D eigenvalue weighted by Crippen LogP contribution is 2.37. The third-order valence-electron chi connectivity index (χ3n) is 6.63. The zero-order valence-corrected chi connectivity index (χ0v) is 18.2. The van der Waals surface area contributed by atoms with E-state index in [-0.39, 0.29) is 24.2 Å². The third kappa shape index (κ3) is 4.65. The molecule has 2 heterocycles. The van der Waals surface area contributed by atoms with Crippen molar-refractivity contribution >= 4 is 17.7 Å². The Morgan fingerprint density at radius 3 is 2.63 bits per heavy atom. The van der Waals surface area contributed by atoms with Crippen LogP contribution in [0.5, 0.6) is 0 Å². The summed E-state index contributed by atoms with van der Waals surface area (Å²) in [6.45, 7) is 1.15. The molecule has 1 aliphatic carbocycles. The van der Waals surface area contributed by atoms with Crippen molar-refractivity contribution < 1.29 is 14.3 Å². The van der Waals surface area contributed by atoms with E-state index in [2.05, 4.69) is 40.5 Å². The van der Waals surface area contributed by atoms with Gasteiger partial charge < -0.3 is 14.4 Å². The minimum absolute atomic E-state index is 0.0634. The Balaban J connectivity index is 1.40. The normalized spacial score (nSPS) is 27.1. The Labute approximate surface area is 182 Å². The smallest absolute Gasteiger partial charge is 0.409 e. The molecule has 1 N–H and O–H groups in total. The highest BCUT2D eigenvalue weighted by Gasteiger charge is 2.38.